The quantitative estimate of drug-likeness (QED) is 0.728. The van der Waals surface area contributed by atoms with Crippen LogP contribution in [0.15, 0.2) is 0 Å². The van der Waals surface area contributed by atoms with Crippen LogP contribution in [-0.2, 0) is 19.2 Å². The number of imide groups is 2. The Morgan fingerprint density at radius 1 is 0.952 bits per heavy atom. The third kappa shape index (κ3) is 2.17. The largest absolute Gasteiger partial charge is 0.294 e. The molecule has 1 spiro atoms. The number of carbonyl (C=O) groups excluding carboxylic acids is 4. The summed E-state index contributed by atoms with van der Waals surface area (Å²) < 4.78 is 0. The van der Waals surface area contributed by atoms with E-state index in [4.69, 9.17) is 0 Å². The molecule has 2 saturated heterocycles. The van der Waals surface area contributed by atoms with Gasteiger partial charge >= 0.3 is 0 Å². The van der Waals surface area contributed by atoms with Gasteiger partial charge in [0.1, 0.15) is 5.54 Å². The van der Waals surface area contributed by atoms with Crippen molar-refractivity contribution < 1.29 is 19.2 Å². The molecular formula is C15H20N2O4. The lowest BCUT2D eigenvalue weighted by atomic mass is 9.74. The van der Waals surface area contributed by atoms with Crippen LogP contribution in [0.4, 0.5) is 0 Å². The highest BCUT2D eigenvalue weighted by Crippen LogP contribution is 2.48. The van der Waals surface area contributed by atoms with E-state index in [2.05, 4.69) is 5.32 Å². The molecule has 0 aromatic carbocycles. The number of nitrogens with zero attached hydrogens (tertiary/aromatic N) is 1. The van der Waals surface area contributed by atoms with E-state index in [0.29, 0.717) is 12.8 Å². The Hall–Kier alpha value is -1.72. The van der Waals surface area contributed by atoms with Crippen LogP contribution in [0.2, 0.25) is 0 Å². The number of nitrogens with one attached hydrogen (secondary N) is 1. The molecule has 3 fully saturated rings. The van der Waals surface area contributed by atoms with Crippen molar-refractivity contribution >= 4 is 23.6 Å². The Kier molecular flexibility index (Phi) is 3.15. The summed E-state index contributed by atoms with van der Waals surface area (Å²) in [6.07, 6.45) is 5.01. The minimum Gasteiger partial charge on any atom is -0.294 e. The summed E-state index contributed by atoms with van der Waals surface area (Å²) in [5, 5.41) is 2.25. The SMILES string of the molecule is CC1(N2C(=O)CC3(CCCC3)CC2=O)CCC(=O)NC1=O. The molecule has 2 aliphatic heterocycles. The summed E-state index contributed by atoms with van der Waals surface area (Å²) in [4.78, 5) is 49.6. The summed E-state index contributed by atoms with van der Waals surface area (Å²) >= 11 is 0. The van der Waals surface area contributed by atoms with Gasteiger partial charge in [-0.15, -0.1) is 0 Å². The van der Waals surface area contributed by atoms with Crippen molar-refractivity contribution in [1.29, 1.82) is 0 Å². The van der Waals surface area contributed by atoms with Crippen molar-refractivity contribution in [3.63, 3.8) is 0 Å². The van der Waals surface area contributed by atoms with Gasteiger partial charge in [0, 0.05) is 19.3 Å². The normalized spacial score (nSPS) is 32.7. The fourth-order valence-corrected chi connectivity index (χ4v) is 4.04. The summed E-state index contributed by atoms with van der Waals surface area (Å²) in [5.41, 5.74) is -1.40. The summed E-state index contributed by atoms with van der Waals surface area (Å²) in [5.74, 6) is -1.41. The molecule has 1 N–H and O–H groups in total. The Labute approximate surface area is 123 Å². The fraction of sp³-hybridized carbons (Fsp3) is 0.733. The smallest absolute Gasteiger partial charge is 0.252 e. The van der Waals surface area contributed by atoms with Gasteiger partial charge in [0.15, 0.2) is 0 Å². The molecule has 6 nitrogen and oxygen atoms in total. The van der Waals surface area contributed by atoms with Crippen molar-refractivity contribution in [3.8, 4) is 0 Å². The molecule has 2 heterocycles. The number of amides is 4. The van der Waals surface area contributed by atoms with E-state index < -0.39 is 11.4 Å². The maximum atomic E-state index is 12.5. The van der Waals surface area contributed by atoms with Crippen LogP contribution in [0.25, 0.3) is 0 Å². The molecule has 1 atom stereocenters. The Balaban J connectivity index is 1.86. The molecule has 0 bridgehead atoms. The zero-order valence-electron chi connectivity index (χ0n) is 12.2. The van der Waals surface area contributed by atoms with E-state index in [1.54, 1.807) is 6.92 Å². The van der Waals surface area contributed by atoms with Crippen LogP contribution >= 0.6 is 0 Å². The van der Waals surface area contributed by atoms with Crippen molar-refractivity contribution in [2.45, 2.75) is 63.8 Å². The molecule has 0 radical (unpaired) electrons. The summed E-state index contributed by atoms with van der Waals surface area (Å²) in [6, 6.07) is 0. The number of piperidine rings is 2. The average Bonchev–Trinajstić information content (AvgIpc) is 2.81. The topological polar surface area (TPSA) is 83.6 Å². The standard InChI is InChI=1S/C15H20N2O4/c1-14(7-4-10(18)16-13(14)21)17-11(19)8-15(9-12(17)20)5-2-3-6-15/h2-9H2,1H3,(H,16,18,21). The van der Waals surface area contributed by atoms with Crippen molar-refractivity contribution in [2.24, 2.45) is 5.41 Å². The maximum Gasteiger partial charge on any atom is 0.252 e. The molecule has 6 heteroatoms. The first-order valence-corrected chi connectivity index (χ1v) is 7.57. The van der Waals surface area contributed by atoms with Crippen LogP contribution in [0.3, 0.4) is 0 Å². The van der Waals surface area contributed by atoms with E-state index >= 15 is 0 Å². The molecule has 0 aromatic heterocycles. The van der Waals surface area contributed by atoms with Gasteiger partial charge in [0.05, 0.1) is 0 Å². The minimum absolute atomic E-state index is 0.157. The molecule has 1 saturated carbocycles. The molecule has 1 unspecified atom stereocenters. The molecule has 1 aliphatic carbocycles. The maximum absolute atomic E-state index is 12.5. The van der Waals surface area contributed by atoms with E-state index in [9.17, 15) is 19.2 Å². The van der Waals surface area contributed by atoms with Gasteiger partial charge in [-0.25, -0.2) is 0 Å². The lowest BCUT2D eigenvalue weighted by molar-refractivity contribution is -0.168. The molecule has 3 rings (SSSR count). The number of hydrogen-bond donors (Lipinski definition) is 1. The van der Waals surface area contributed by atoms with Crippen LogP contribution in [0.1, 0.15) is 58.3 Å². The lowest BCUT2D eigenvalue weighted by Crippen LogP contribution is -2.66. The van der Waals surface area contributed by atoms with E-state index in [1.807, 2.05) is 0 Å². The highest BCUT2D eigenvalue weighted by Gasteiger charge is 2.54. The number of rotatable bonds is 1. The molecule has 4 amide bonds. The van der Waals surface area contributed by atoms with Gasteiger partial charge in [0.2, 0.25) is 17.7 Å². The predicted molar refractivity (Wildman–Crippen MR) is 72.8 cm³/mol. The van der Waals surface area contributed by atoms with Gasteiger partial charge < -0.3 is 0 Å². The average molecular weight is 292 g/mol. The molecular weight excluding hydrogens is 272 g/mol. The first kappa shape index (κ1) is 14.2. The van der Waals surface area contributed by atoms with Crippen molar-refractivity contribution in [1.82, 2.24) is 10.2 Å². The summed E-state index contributed by atoms with van der Waals surface area (Å²) in [6.45, 7) is 1.58. The van der Waals surface area contributed by atoms with Gasteiger partial charge in [-0.2, -0.15) is 0 Å². The molecule has 21 heavy (non-hydrogen) atoms. The fourth-order valence-electron chi connectivity index (χ4n) is 4.04. The van der Waals surface area contributed by atoms with Crippen LogP contribution < -0.4 is 5.32 Å². The second kappa shape index (κ2) is 4.64. The predicted octanol–water partition coefficient (Wildman–Crippen LogP) is 0.891. The zero-order valence-corrected chi connectivity index (χ0v) is 12.2. The number of carbonyl (C=O) groups is 4. The lowest BCUT2D eigenvalue weighted by Gasteiger charge is -2.46. The Morgan fingerprint density at radius 3 is 2.05 bits per heavy atom. The van der Waals surface area contributed by atoms with Crippen LogP contribution in [-0.4, -0.2) is 34.1 Å². The minimum atomic E-state index is -1.22. The molecule has 3 aliphatic rings. The van der Waals surface area contributed by atoms with Crippen molar-refractivity contribution in [3.05, 3.63) is 0 Å². The van der Waals surface area contributed by atoms with E-state index in [-0.39, 0.29) is 36.0 Å². The zero-order chi connectivity index (χ0) is 15.3. The second-order valence-electron chi connectivity index (χ2n) is 6.83. The first-order valence-electron chi connectivity index (χ1n) is 7.57. The van der Waals surface area contributed by atoms with Gasteiger partial charge in [0.25, 0.3) is 5.91 Å². The van der Waals surface area contributed by atoms with Crippen LogP contribution in [0.5, 0.6) is 0 Å². The van der Waals surface area contributed by atoms with Crippen molar-refractivity contribution in [2.75, 3.05) is 0 Å². The van der Waals surface area contributed by atoms with Gasteiger partial charge in [-0.3, -0.25) is 29.4 Å². The monoisotopic (exact) mass is 292 g/mol. The molecule has 114 valence electrons. The highest BCUT2D eigenvalue weighted by molar-refractivity contribution is 6.09. The highest BCUT2D eigenvalue weighted by atomic mass is 16.2. The Bertz CT molecular complexity index is 516. The molecule has 0 aromatic rings. The van der Waals surface area contributed by atoms with Crippen LogP contribution in [0, 0.1) is 5.41 Å². The van der Waals surface area contributed by atoms with Gasteiger partial charge in [-0.05, 0) is 31.6 Å². The first-order chi connectivity index (χ1) is 9.86. The summed E-state index contributed by atoms with van der Waals surface area (Å²) in [7, 11) is 0. The Morgan fingerprint density at radius 2 is 1.52 bits per heavy atom. The third-order valence-electron chi connectivity index (χ3n) is 5.29. The third-order valence-corrected chi connectivity index (χ3v) is 5.29. The second-order valence-corrected chi connectivity index (χ2v) is 6.83. The number of likely N-dealkylation sites (tertiary alicyclic amines) is 1. The number of hydrogen-bond acceptors (Lipinski definition) is 4. The van der Waals surface area contributed by atoms with E-state index in [1.165, 1.54) is 0 Å². The van der Waals surface area contributed by atoms with E-state index in [0.717, 1.165) is 30.6 Å². The van der Waals surface area contributed by atoms with Gasteiger partial charge in [-0.1, -0.05) is 12.8 Å².